The zero-order valence-electron chi connectivity index (χ0n) is 7.28. The second kappa shape index (κ2) is 2.36. The second-order valence-electron chi connectivity index (χ2n) is 3.33. The fourth-order valence-corrected chi connectivity index (χ4v) is 1.84. The first-order valence-corrected chi connectivity index (χ1v) is 4.34. The molecule has 0 fully saturated rings. The quantitative estimate of drug-likeness (QED) is 0.635. The second-order valence-corrected chi connectivity index (χ2v) is 3.33. The van der Waals surface area contributed by atoms with Gasteiger partial charge in [-0.2, -0.15) is 0 Å². The Hall–Kier alpha value is -1.81. The number of para-hydroxylation sites is 1. The van der Waals surface area contributed by atoms with Gasteiger partial charge in [-0.05, 0) is 12.1 Å². The van der Waals surface area contributed by atoms with Crippen LogP contribution in [0.4, 0.5) is 5.69 Å². The van der Waals surface area contributed by atoms with Crippen LogP contribution in [0.2, 0.25) is 0 Å². The highest BCUT2D eigenvalue weighted by atomic mass is 16.6. The Morgan fingerprint density at radius 3 is 2.93 bits per heavy atom. The van der Waals surface area contributed by atoms with Crippen LogP contribution in [0, 0.1) is 0 Å². The lowest BCUT2D eigenvalue weighted by molar-refractivity contribution is -0.122. The van der Waals surface area contributed by atoms with Crippen molar-refractivity contribution < 1.29 is 9.63 Å². The Kier molecular flexibility index (Phi) is 1.28. The molecule has 2 aliphatic heterocycles. The van der Waals surface area contributed by atoms with Gasteiger partial charge in [0.1, 0.15) is 6.26 Å². The molecule has 1 unspecified atom stereocenters. The van der Waals surface area contributed by atoms with Crippen molar-refractivity contribution in [2.24, 2.45) is 0 Å². The van der Waals surface area contributed by atoms with Crippen molar-refractivity contribution in [1.29, 1.82) is 0 Å². The fourth-order valence-electron chi connectivity index (χ4n) is 1.84. The van der Waals surface area contributed by atoms with Gasteiger partial charge in [-0.25, -0.2) is 0 Å². The molecule has 14 heavy (non-hydrogen) atoms. The molecular formula is C10H8N2O2. The third kappa shape index (κ3) is 0.736. The number of amides is 1. The highest BCUT2D eigenvalue weighted by Crippen LogP contribution is 2.38. The Morgan fingerprint density at radius 1 is 1.29 bits per heavy atom. The number of carbonyl (C=O) groups is 1. The number of hydrogen-bond donors (Lipinski definition) is 2. The lowest BCUT2D eigenvalue weighted by Gasteiger charge is -2.17. The van der Waals surface area contributed by atoms with Gasteiger partial charge in [-0.3, -0.25) is 4.79 Å². The average molecular weight is 188 g/mol. The van der Waals surface area contributed by atoms with Crippen LogP contribution in [-0.4, -0.2) is 5.91 Å². The summed E-state index contributed by atoms with van der Waals surface area (Å²) in [6, 6.07) is 7.56. The molecule has 4 nitrogen and oxygen atoms in total. The number of rotatable bonds is 0. The van der Waals surface area contributed by atoms with E-state index in [0.717, 1.165) is 11.3 Å². The lowest BCUT2D eigenvalue weighted by atomic mass is 9.93. The summed E-state index contributed by atoms with van der Waals surface area (Å²) in [5.74, 6) is -0.104. The largest absolute Gasteiger partial charge is 0.415 e. The summed E-state index contributed by atoms with van der Waals surface area (Å²) in [5.41, 5.74) is 3.63. The number of anilines is 1. The van der Waals surface area contributed by atoms with Gasteiger partial charge in [0.25, 0.3) is 5.91 Å². The SMILES string of the molecule is O=C1Nc2ccccc2C12C=CON2. The molecule has 70 valence electrons. The third-order valence-electron chi connectivity index (χ3n) is 2.56. The van der Waals surface area contributed by atoms with Crippen LogP contribution < -0.4 is 10.8 Å². The highest BCUT2D eigenvalue weighted by Gasteiger charge is 2.47. The predicted molar refractivity (Wildman–Crippen MR) is 50.1 cm³/mol. The number of fused-ring (bicyclic) bond motifs is 2. The molecule has 1 atom stereocenters. The summed E-state index contributed by atoms with van der Waals surface area (Å²) in [6.07, 6.45) is 3.20. The Balaban J connectivity index is 2.24. The van der Waals surface area contributed by atoms with E-state index in [4.69, 9.17) is 4.84 Å². The molecule has 2 heterocycles. The molecule has 1 spiro atoms. The number of hydrogen-bond acceptors (Lipinski definition) is 3. The number of nitrogens with one attached hydrogen (secondary N) is 2. The number of carbonyl (C=O) groups excluding carboxylic acids is 1. The molecule has 4 heteroatoms. The zero-order valence-corrected chi connectivity index (χ0v) is 7.28. The molecule has 1 amide bonds. The third-order valence-corrected chi connectivity index (χ3v) is 2.56. The summed E-state index contributed by atoms with van der Waals surface area (Å²) < 4.78 is 0. The van der Waals surface area contributed by atoms with Gasteiger partial charge in [-0.1, -0.05) is 18.2 Å². The molecule has 0 aliphatic carbocycles. The van der Waals surface area contributed by atoms with Gasteiger partial charge in [0.05, 0.1) is 0 Å². The molecule has 2 N–H and O–H groups in total. The minimum Gasteiger partial charge on any atom is -0.415 e. The molecule has 0 radical (unpaired) electrons. The van der Waals surface area contributed by atoms with Crippen LogP contribution in [0.5, 0.6) is 0 Å². The van der Waals surface area contributed by atoms with E-state index in [1.165, 1.54) is 6.26 Å². The van der Waals surface area contributed by atoms with Crippen LogP contribution in [0.3, 0.4) is 0 Å². The van der Waals surface area contributed by atoms with Crippen LogP contribution in [0.1, 0.15) is 5.56 Å². The van der Waals surface area contributed by atoms with E-state index >= 15 is 0 Å². The summed E-state index contributed by atoms with van der Waals surface area (Å²) in [6.45, 7) is 0. The monoisotopic (exact) mass is 188 g/mol. The highest BCUT2D eigenvalue weighted by molar-refractivity contribution is 6.07. The van der Waals surface area contributed by atoms with Crippen LogP contribution in [0.25, 0.3) is 0 Å². The number of benzene rings is 1. The van der Waals surface area contributed by atoms with E-state index < -0.39 is 5.54 Å². The average Bonchev–Trinajstić information content (AvgIpc) is 2.77. The van der Waals surface area contributed by atoms with E-state index in [0.29, 0.717) is 0 Å². The Morgan fingerprint density at radius 2 is 2.14 bits per heavy atom. The molecule has 0 aromatic heterocycles. The molecule has 0 saturated carbocycles. The van der Waals surface area contributed by atoms with Crippen molar-refractivity contribution in [2.75, 3.05) is 5.32 Å². The summed E-state index contributed by atoms with van der Waals surface area (Å²) in [7, 11) is 0. The molecule has 1 aromatic carbocycles. The first-order chi connectivity index (χ1) is 6.83. The van der Waals surface area contributed by atoms with Crippen molar-refractivity contribution in [3.05, 3.63) is 42.2 Å². The summed E-state index contributed by atoms with van der Waals surface area (Å²) in [5, 5.41) is 2.80. The maximum atomic E-state index is 11.8. The topological polar surface area (TPSA) is 50.4 Å². The van der Waals surface area contributed by atoms with Gasteiger partial charge in [0.2, 0.25) is 0 Å². The predicted octanol–water partition coefficient (Wildman–Crippen LogP) is 0.882. The van der Waals surface area contributed by atoms with Gasteiger partial charge < -0.3 is 10.2 Å². The standard InChI is InChI=1S/C10H8N2O2/c13-9-10(5-6-14-12-10)7-3-1-2-4-8(7)11-9/h1-6,12H,(H,11,13). The minimum atomic E-state index is -0.823. The van der Waals surface area contributed by atoms with Gasteiger partial charge >= 0.3 is 0 Å². The molecule has 2 aliphatic rings. The van der Waals surface area contributed by atoms with Gasteiger partial charge in [0.15, 0.2) is 5.54 Å². The Bertz CT molecular complexity index is 442. The molecular weight excluding hydrogens is 180 g/mol. The normalized spacial score (nSPS) is 27.6. The van der Waals surface area contributed by atoms with E-state index in [1.807, 2.05) is 24.3 Å². The van der Waals surface area contributed by atoms with Crippen molar-refractivity contribution in [3.8, 4) is 0 Å². The maximum absolute atomic E-state index is 11.8. The fraction of sp³-hybridized carbons (Fsp3) is 0.100. The Labute approximate surface area is 80.5 Å². The zero-order chi connectivity index (χ0) is 9.60. The molecule has 0 saturated heterocycles. The molecule has 3 rings (SSSR count). The van der Waals surface area contributed by atoms with Crippen LogP contribution >= 0.6 is 0 Å². The van der Waals surface area contributed by atoms with E-state index in [-0.39, 0.29) is 5.91 Å². The molecule has 1 aromatic rings. The van der Waals surface area contributed by atoms with Crippen molar-refractivity contribution >= 4 is 11.6 Å². The van der Waals surface area contributed by atoms with Crippen LogP contribution in [-0.2, 0) is 15.2 Å². The van der Waals surface area contributed by atoms with Crippen molar-refractivity contribution in [3.63, 3.8) is 0 Å². The van der Waals surface area contributed by atoms with Gasteiger partial charge in [-0.15, -0.1) is 5.48 Å². The number of hydroxylamine groups is 1. The van der Waals surface area contributed by atoms with Gasteiger partial charge in [0, 0.05) is 11.3 Å². The van der Waals surface area contributed by atoms with Crippen molar-refractivity contribution in [1.82, 2.24) is 5.48 Å². The summed E-state index contributed by atoms with van der Waals surface area (Å²) in [4.78, 5) is 16.7. The van der Waals surface area contributed by atoms with E-state index in [1.54, 1.807) is 6.08 Å². The van der Waals surface area contributed by atoms with Crippen molar-refractivity contribution in [2.45, 2.75) is 5.54 Å². The summed E-state index contributed by atoms with van der Waals surface area (Å²) >= 11 is 0. The first kappa shape index (κ1) is 7.58. The first-order valence-electron chi connectivity index (χ1n) is 4.34. The minimum absolute atomic E-state index is 0.104. The van der Waals surface area contributed by atoms with Crippen LogP contribution in [0.15, 0.2) is 36.6 Å². The van der Waals surface area contributed by atoms with E-state index in [2.05, 4.69) is 10.8 Å². The lowest BCUT2D eigenvalue weighted by Crippen LogP contribution is -2.42. The molecule has 0 bridgehead atoms. The van der Waals surface area contributed by atoms with E-state index in [9.17, 15) is 4.79 Å². The smallest absolute Gasteiger partial charge is 0.256 e. The maximum Gasteiger partial charge on any atom is 0.256 e.